The van der Waals surface area contributed by atoms with Gasteiger partial charge in [-0.3, -0.25) is 0 Å². The molecule has 0 spiro atoms. The summed E-state index contributed by atoms with van der Waals surface area (Å²) >= 11 is 0. The predicted molar refractivity (Wildman–Crippen MR) is 116 cm³/mol. The van der Waals surface area contributed by atoms with Crippen molar-refractivity contribution in [1.82, 2.24) is 0 Å². The molecular formula is C24H42O4. The number of hydrogen-bond donors (Lipinski definition) is 2. The van der Waals surface area contributed by atoms with E-state index < -0.39 is 6.10 Å². The van der Waals surface area contributed by atoms with Crippen molar-refractivity contribution in [3.63, 3.8) is 0 Å². The average Bonchev–Trinajstić information content (AvgIpc) is 2.69. The van der Waals surface area contributed by atoms with E-state index in [9.17, 15) is 10.2 Å². The Balaban J connectivity index is 2.01. The topological polar surface area (TPSA) is 58.9 Å². The number of benzene rings is 1. The zero-order valence-electron chi connectivity index (χ0n) is 18.1. The number of unbranched alkanes of at least 4 members (excludes halogenated alkanes) is 8. The van der Waals surface area contributed by atoms with Crippen LogP contribution in [0.5, 0.6) is 11.5 Å². The highest BCUT2D eigenvalue weighted by Crippen LogP contribution is 2.18. The molecule has 0 radical (unpaired) electrons. The van der Waals surface area contributed by atoms with Crippen molar-refractivity contribution in [2.24, 2.45) is 5.92 Å². The van der Waals surface area contributed by atoms with E-state index in [-0.39, 0.29) is 19.0 Å². The molecular weight excluding hydrogens is 352 g/mol. The number of ether oxygens (including phenoxy) is 2. The first kappa shape index (κ1) is 24.8. The maximum absolute atomic E-state index is 10.0. The Morgan fingerprint density at radius 3 is 2.18 bits per heavy atom. The fourth-order valence-corrected chi connectivity index (χ4v) is 3.33. The lowest BCUT2D eigenvalue weighted by Gasteiger charge is -2.17. The normalized spacial score (nSPS) is 13.4. The van der Waals surface area contributed by atoms with Gasteiger partial charge in [-0.05, 0) is 24.5 Å². The Labute approximate surface area is 172 Å². The summed E-state index contributed by atoms with van der Waals surface area (Å²) in [6.45, 7) is 5.63. The summed E-state index contributed by atoms with van der Waals surface area (Å²) in [5.74, 6) is 1.28. The van der Waals surface area contributed by atoms with Crippen molar-refractivity contribution in [2.75, 3.05) is 19.8 Å². The van der Waals surface area contributed by atoms with Crippen LogP contribution in [-0.2, 0) is 4.74 Å². The van der Waals surface area contributed by atoms with Gasteiger partial charge in [0, 0.05) is 12.7 Å². The third-order valence-electron chi connectivity index (χ3n) is 5.22. The van der Waals surface area contributed by atoms with Gasteiger partial charge < -0.3 is 19.7 Å². The molecule has 0 bridgehead atoms. The monoisotopic (exact) mass is 394 g/mol. The Morgan fingerprint density at radius 2 is 1.54 bits per heavy atom. The van der Waals surface area contributed by atoms with E-state index in [1.807, 2.05) is 0 Å². The lowest BCUT2D eigenvalue weighted by Crippen LogP contribution is -2.25. The van der Waals surface area contributed by atoms with Gasteiger partial charge in [0.2, 0.25) is 0 Å². The molecule has 162 valence electrons. The molecule has 0 aliphatic carbocycles. The summed E-state index contributed by atoms with van der Waals surface area (Å²) < 4.78 is 11.2. The van der Waals surface area contributed by atoms with E-state index in [1.165, 1.54) is 70.3 Å². The Bertz CT molecular complexity index is 477. The SMILES string of the molecule is CCCCCCCCCCCC(CC)COCC(O)COc1cccc(O)c1. The minimum atomic E-state index is -0.660. The number of phenols is 1. The molecule has 0 amide bonds. The van der Waals surface area contributed by atoms with E-state index in [1.54, 1.807) is 18.2 Å². The number of rotatable bonds is 18. The first-order valence-corrected chi connectivity index (χ1v) is 11.3. The first-order valence-electron chi connectivity index (χ1n) is 11.3. The molecule has 4 nitrogen and oxygen atoms in total. The van der Waals surface area contributed by atoms with Crippen LogP contribution in [0.2, 0.25) is 0 Å². The molecule has 0 aromatic heterocycles. The Morgan fingerprint density at radius 1 is 0.857 bits per heavy atom. The molecule has 2 N–H and O–H groups in total. The zero-order valence-corrected chi connectivity index (χ0v) is 18.1. The van der Waals surface area contributed by atoms with Crippen LogP contribution in [0.3, 0.4) is 0 Å². The molecule has 0 fully saturated rings. The molecule has 28 heavy (non-hydrogen) atoms. The second-order valence-corrected chi connectivity index (χ2v) is 7.89. The maximum Gasteiger partial charge on any atom is 0.123 e. The molecule has 2 unspecified atom stereocenters. The molecule has 1 aromatic rings. The van der Waals surface area contributed by atoms with Crippen molar-refractivity contribution in [2.45, 2.75) is 90.6 Å². The summed E-state index contributed by atoms with van der Waals surface area (Å²) in [6, 6.07) is 6.59. The summed E-state index contributed by atoms with van der Waals surface area (Å²) in [7, 11) is 0. The van der Waals surface area contributed by atoms with Crippen LogP contribution in [-0.4, -0.2) is 36.1 Å². The third-order valence-corrected chi connectivity index (χ3v) is 5.22. The van der Waals surface area contributed by atoms with E-state index >= 15 is 0 Å². The molecule has 1 rings (SSSR count). The summed E-state index contributed by atoms with van der Waals surface area (Å²) in [5.41, 5.74) is 0. The van der Waals surface area contributed by atoms with Crippen molar-refractivity contribution >= 4 is 0 Å². The van der Waals surface area contributed by atoms with Gasteiger partial charge in [0.05, 0.1) is 6.61 Å². The fraction of sp³-hybridized carbons (Fsp3) is 0.750. The number of aromatic hydroxyl groups is 1. The zero-order chi connectivity index (χ0) is 20.5. The highest BCUT2D eigenvalue weighted by molar-refractivity contribution is 5.31. The molecule has 0 saturated heterocycles. The lowest BCUT2D eigenvalue weighted by molar-refractivity contribution is -0.00116. The first-order chi connectivity index (χ1) is 13.7. The van der Waals surface area contributed by atoms with Gasteiger partial charge in [-0.2, -0.15) is 0 Å². The van der Waals surface area contributed by atoms with Gasteiger partial charge in [0.15, 0.2) is 0 Å². The van der Waals surface area contributed by atoms with Crippen molar-refractivity contribution in [3.05, 3.63) is 24.3 Å². The second kappa shape index (κ2) is 16.7. The van der Waals surface area contributed by atoms with Crippen LogP contribution in [0.1, 0.15) is 84.5 Å². The van der Waals surface area contributed by atoms with E-state index in [4.69, 9.17) is 9.47 Å². The highest BCUT2D eigenvalue weighted by Gasteiger charge is 2.10. The molecule has 0 aliphatic rings. The van der Waals surface area contributed by atoms with Gasteiger partial charge in [0.25, 0.3) is 0 Å². The fourth-order valence-electron chi connectivity index (χ4n) is 3.33. The van der Waals surface area contributed by atoms with Gasteiger partial charge in [-0.1, -0.05) is 84.1 Å². The number of aliphatic hydroxyl groups is 1. The van der Waals surface area contributed by atoms with Crippen LogP contribution < -0.4 is 4.74 Å². The van der Waals surface area contributed by atoms with Gasteiger partial charge in [0.1, 0.15) is 24.2 Å². The standard InChI is InChI=1S/C24H42O4/c1-3-5-6-7-8-9-10-11-12-14-21(4-2)18-27-19-23(26)20-28-24-16-13-15-22(25)17-24/h13,15-17,21,23,25-26H,3-12,14,18-20H2,1-2H3. The number of hydrogen-bond acceptors (Lipinski definition) is 4. The van der Waals surface area contributed by atoms with E-state index in [0.29, 0.717) is 18.3 Å². The largest absolute Gasteiger partial charge is 0.508 e. The molecule has 4 heteroatoms. The lowest BCUT2D eigenvalue weighted by atomic mass is 9.98. The summed E-state index contributed by atoms with van der Waals surface area (Å²) in [6.07, 6.45) is 13.9. The third kappa shape index (κ3) is 13.0. The van der Waals surface area contributed by atoms with E-state index in [2.05, 4.69) is 13.8 Å². The van der Waals surface area contributed by atoms with E-state index in [0.717, 1.165) is 6.42 Å². The predicted octanol–water partition coefficient (Wildman–Crippen LogP) is 6.10. The van der Waals surface area contributed by atoms with Gasteiger partial charge in [-0.25, -0.2) is 0 Å². The van der Waals surface area contributed by atoms with Crippen LogP contribution in [0, 0.1) is 5.92 Å². The molecule has 0 heterocycles. The van der Waals surface area contributed by atoms with Crippen molar-refractivity contribution < 1.29 is 19.7 Å². The van der Waals surface area contributed by atoms with Crippen LogP contribution in [0.25, 0.3) is 0 Å². The Hall–Kier alpha value is -1.26. The maximum atomic E-state index is 10.0. The number of aliphatic hydroxyl groups excluding tert-OH is 1. The van der Waals surface area contributed by atoms with Crippen LogP contribution in [0.4, 0.5) is 0 Å². The van der Waals surface area contributed by atoms with Gasteiger partial charge >= 0.3 is 0 Å². The molecule has 1 aromatic carbocycles. The minimum Gasteiger partial charge on any atom is -0.508 e. The smallest absolute Gasteiger partial charge is 0.123 e. The summed E-state index contributed by atoms with van der Waals surface area (Å²) in [5, 5.41) is 19.4. The quantitative estimate of drug-likeness (QED) is 0.296. The van der Waals surface area contributed by atoms with Crippen LogP contribution >= 0.6 is 0 Å². The van der Waals surface area contributed by atoms with Crippen molar-refractivity contribution in [1.29, 1.82) is 0 Å². The Kier molecular flexibility index (Phi) is 14.8. The minimum absolute atomic E-state index is 0.158. The highest BCUT2D eigenvalue weighted by atomic mass is 16.5. The summed E-state index contributed by atoms with van der Waals surface area (Å²) in [4.78, 5) is 0. The average molecular weight is 395 g/mol. The number of phenolic OH excluding ortho intramolecular Hbond substituents is 1. The molecule has 0 aliphatic heterocycles. The second-order valence-electron chi connectivity index (χ2n) is 7.89. The molecule has 0 saturated carbocycles. The van der Waals surface area contributed by atoms with Crippen molar-refractivity contribution in [3.8, 4) is 11.5 Å². The van der Waals surface area contributed by atoms with Crippen LogP contribution in [0.15, 0.2) is 24.3 Å². The van der Waals surface area contributed by atoms with Gasteiger partial charge in [-0.15, -0.1) is 0 Å². The molecule has 2 atom stereocenters.